The molecule has 0 aromatic carbocycles. The summed E-state index contributed by atoms with van der Waals surface area (Å²) >= 11 is 0. The third-order valence-electron chi connectivity index (χ3n) is 4.23. The molecule has 15 heavy (non-hydrogen) atoms. The van der Waals surface area contributed by atoms with Crippen molar-refractivity contribution in [1.29, 1.82) is 0 Å². The lowest BCUT2D eigenvalue weighted by Gasteiger charge is -2.34. The summed E-state index contributed by atoms with van der Waals surface area (Å²) in [6, 6.07) is 0. The van der Waals surface area contributed by atoms with Gasteiger partial charge < -0.3 is 0 Å². The van der Waals surface area contributed by atoms with Crippen LogP contribution in [0.15, 0.2) is 23.3 Å². The molecule has 2 atom stereocenters. The van der Waals surface area contributed by atoms with Crippen LogP contribution in [-0.4, -0.2) is 5.78 Å². The Morgan fingerprint density at radius 3 is 2.73 bits per heavy atom. The van der Waals surface area contributed by atoms with Crippen LogP contribution in [0, 0.1) is 11.3 Å². The van der Waals surface area contributed by atoms with Gasteiger partial charge >= 0.3 is 0 Å². The number of carbonyl (C=O) groups is 1. The molecule has 1 fully saturated rings. The zero-order valence-corrected chi connectivity index (χ0v) is 9.97. The van der Waals surface area contributed by atoms with Crippen molar-refractivity contribution in [2.45, 2.75) is 46.5 Å². The maximum absolute atomic E-state index is 11.3. The van der Waals surface area contributed by atoms with E-state index in [0.29, 0.717) is 17.1 Å². The van der Waals surface area contributed by atoms with E-state index in [4.69, 9.17) is 0 Å². The van der Waals surface area contributed by atoms with E-state index in [0.717, 1.165) is 6.42 Å². The Hall–Kier alpha value is -0.850. The first kappa shape index (κ1) is 10.7. The smallest absolute Gasteiger partial charge is 0.155 e. The zero-order chi connectivity index (χ0) is 11.1. The molecule has 2 rings (SSSR count). The molecule has 0 aromatic heterocycles. The van der Waals surface area contributed by atoms with E-state index in [1.54, 1.807) is 5.57 Å². The average molecular weight is 204 g/mol. The lowest BCUT2D eigenvalue weighted by Crippen LogP contribution is -2.28. The summed E-state index contributed by atoms with van der Waals surface area (Å²) in [5.74, 6) is 0.825. The highest BCUT2D eigenvalue weighted by Gasteiger charge is 2.41. The Morgan fingerprint density at radius 2 is 2.20 bits per heavy atom. The number of allylic oxidation sites excluding steroid dienone is 4. The second-order valence-corrected chi connectivity index (χ2v) is 5.42. The van der Waals surface area contributed by atoms with Crippen LogP contribution in [-0.2, 0) is 4.79 Å². The van der Waals surface area contributed by atoms with Gasteiger partial charge in [-0.15, -0.1) is 0 Å². The molecule has 0 N–H and O–H groups in total. The third-order valence-corrected chi connectivity index (χ3v) is 4.23. The van der Waals surface area contributed by atoms with E-state index in [2.05, 4.69) is 26.8 Å². The lowest BCUT2D eigenvalue weighted by molar-refractivity contribution is -0.116. The van der Waals surface area contributed by atoms with Crippen molar-refractivity contribution in [1.82, 2.24) is 0 Å². The summed E-state index contributed by atoms with van der Waals surface area (Å²) in [5.41, 5.74) is 3.39. The van der Waals surface area contributed by atoms with Crippen LogP contribution in [0.25, 0.3) is 0 Å². The zero-order valence-electron chi connectivity index (χ0n) is 9.97. The number of hydrogen-bond donors (Lipinski definition) is 0. The van der Waals surface area contributed by atoms with Gasteiger partial charge in [-0.1, -0.05) is 24.1 Å². The van der Waals surface area contributed by atoms with Crippen molar-refractivity contribution < 1.29 is 4.79 Å². The van der Waals surface area contributed by atoms with E-state index < -0.39 is 0 Å². The summed E-state index contributed by atoms with van der Waals surface area (Å²) < 4.78 is 0. The first-order valence-electron chi connectivity index (χ1n) is 5.91. The van der Waals surface area contributed by atoms with Crippen LogP contribution in [0.1, 0.15) is 46.5 Å². The monoisotopic (exact) mass is 204 g/mol. The number of carbonyl (C=O) groups excluding carboxylic acids is 1. The van der Waals surface area contributed by atoms with Crippen LogP contribution in [0.2, 0.25) is 0 Å². The van der Waals surface area contributed by atoms with E-state index in [1.165, 1.54) is 24.8 Å². The Labute approximate surface area is 92.3 Å². The van der Waals surface area contributed by atoms with Crippen molar-refractivity contribution in [3.05, 3.63) is 23.3 Å². The van der Waals surface area contributed by atoms with Gasteiger partial charge in [0, 0.05) is 6.42 Å². The number of rotatable bonds is 0. The molecule has 0 aromatic rings. The maximum Gasteiger partial charge on any atom is 0.155 e. The standard InChI is InChI=1S/C14H20O/c1-10(2)12-4-6-14(9-12)7-5-13(15)8-11(14)3/h5,7,11H,4,6,8-9H2,1-3H3/t11-,14-/m0/s1. The fraction of sp³-hybridized carbons (Fsp3) is 0.643. The SMILES string of the molecule is CC(C)=C1CC[C@]2(C=CC(=O)C[C@@H]2C)C1. The Morgan fingerprint density at radius 1 is 1.47 bits per heavy atom. The van der Waals surface area contributed by atoms with Gasteiger partial charge in [-0.05, 0) is 50.5 Å². The molecule has 0 aliphatic heterocycles. The van der Waals surface area contributed by atoms with E-state index in [1.807, 2.05) is 6.08 Å². The Balaban J connectivity index is 2.27. The predicted octanol–water partition coefficient (Wildman–Crippen LogP) is 3.66. The molecule has 0 bridgehead atoms. The molecule has 1 spiro atoms. The molecule has 2 aliphatic carbocycles. The number of hydrogen-bond acceptors (Lipinski definition) is 1. The summed E-state index contributed by atoms with van der Waals surface area (Å²) in [4.78, 5) is 11.3. The fourth-order valence-electron chi connectivity index (χ4n) is 2.94. The molecule has 1 saturated carbocycles. The first-order valence-corrected chi connectivity index (χ1v) is 5.91. The fourth-order valence-corrected chi connectivity index (χ4v) is 2.94. The molecule has 0 unspecified atom stereocenters. The van der Waals surface area contributed by atoms with Crippen molar-refractivity contribution in [3.63, 3.8) is 0 Å². The average Bonchev–Trinajstić information content (AvgIpc) is 2.58. The molecule has 1 heteroatoms. The van der Waals surface area contributed by atoms with Gasteiger partial charge in [-0.2, -0.15) is 0 Å². The molecule has 1 nitrogen and oxygen atoms in total. The minimum atomic E-state index is 0.304. The second kappa shape index (κ2) is 3.62. The highest BCUT2D eigenvalue weighted by atomic mass is 16.1. The van der Waals surface area contributed by atoms with Crippen molar-refractivity contribution in [3.8, 4) is 0 Å². The van der Waals surface area contributed by atoms with Crippen molar-refractivity contribution in [2.75, 3.05) is 0 Å². The Kier molecular flexibility index (Phi) is 2.57. The summed E-state index contributed by atoms with van der Waals surface area (Å²) in [6.07, 6.45) is 8.39. The largest absolute Gasteiger partial charge is 0.295 e. The van der Waals surface area contributed by atoms with Crippen molar-refractivity contribution >= 4 is 5.78 Å². The number of ketones is 1. The quantitative estimate of drug-likeness (QED) is 0.550. The molecule has 0 amide bonds. The molecule has 82 valence electrons. The second-order valence-electron chi connectivity index (χ2n) is 5.42. The van der Waals surface area contributed by atoms with Crippen LogP contribution >= 0.6 is 0 Å². The van der Waals surface area contributed by atoms with E-state index in [9.17, 15) is 4.79 Å². The first-order chi connectivity index (χ1) is 7.03. The van der Waals surface area contributed by atoms with Gasteiger partial charge in [0.25, 0.3) is 0 Å². The third kappa shape index (κ3) is 1.80. The molecule has 2 aliphatic rings. The van der Waals surface area contributed by atoms with Crippen LogP contribution in [0.4, 0.5) is 0 Å². The topological polar surface area (TPSA) is 17.1 Å². The van der Waals surface area contributed by atoms with Gasteiger partial charge in [0.05, 0.1) is 0 Å². The normalized spacial score (nSPS) is 35.3. The highest BCUT2D eigenvalue weighted by molar-refractivity contribution is 5.91. The van der Waals surface area contributed by atoms with Crippen LogP contribution in [0.3, 0.4) is 0 Å². The van der Waals surface area contributed by atoms with Crippen LogP contribution < -0.4 is 0 Å². The maximum atomic E-state index is 11.3. The lowest BCUT2D eigenvalue weighted by atomic mass is 9.69. The van der Waals surface area contributed by atoms with Gasteiger partial charge in [0.1, 0.15) is 0 Å². The summed E-state index contributed by atoms with van der Waals surface area (Å²) in [6.45, 7) is 6.64. The predicted molar refractivity (Wildman–Crippen MR) is 62.6 cm³/mol. The molecular formula is C14H20O. The summed E-state index contributed by atoms with van der Waals surface area (Å²) in [5, 5.41) is 0. The molecule has 0 heterocycles. The van der Waals surface area contributed by atoms with Gasteiger partial charge in [-0.25, -0.2) is 0 Å². The van der Waals surface area contributed by atoms with Crippen LogP contribution in [0.5, 0.6) is 0 Å². The highest BCUT2D eigenvalue weighted by Crippen LogP contribution is 2.51. The molecule has 0 saturated heterocycles. The van der Waals surface area contributed by atoms with Gasteiger partial charge in [0.15, 0.2) is 5.78 Å². The van der Waals surface area contributed by atoms with E-state index in [-0.39, 0.29) is 0 Å². The van der Waals surface area contributed by atoms with Gasteiger partial charge in [-0.3, -0.25) is 4.79 Å². The minimum Gasteiger partial charge on any atom is -0.295 e. The molecular weight excluding hydrogens is 184 g/mol. The molecule has 0 radical (unpaired) electrons. The minimum absolute atomic E-state index is 0.304. The Bertz CT molecular complexity index is 344. The van der Waals surface area contributed by atoms with Crippen molar-refractivity contribution in [2.24, 2.45) is 11.3 Å². The van der Waals surface area contributed by atoms with Gasteiger partial charge in [0.2, 0.25) is 0 Å². The summed E-state index contributed by atoms with van der Waals surface area (Å²) in [7, 11) is 0. The van der Waals surface area contributed by atoms with E-state index >= 15 is 0 Å².